The van der Waals surface area contributed by atoms with Gasteiger partial charge in [0.25, 0.3) is 0 Å². The molecule has 1 aliphatic rings. The number of para-hydroxylation sites is 1. The summed E-state index contributed by atoms with van der Waals surface area (Å²) >= 11 is 0. The van der Waals surface area contributed by atoms with E-state index < -0.39 is 6.61 Å². The van der Waals surface area contributed by atoms with Crippen molar-refractivity contribution in [1.82, 2.24) is 10.2 Å². The highest BCUT2D eigenvalue weighted by Crippen LogP contribution is 2.22. The fourth-order valence-electron chi connectivity index (χ4n) is 3.28. The molecule has 1 aliphatic heterocycles. The summed E-state index contributed by atoms with van der Waals surface area (Å²) in [6, 6.07) is 14.2. The molecule has 5 nitrogen and oxygen atoms in total. The van der Waals surface area contributed by atoms with Crippen LogP contribution < -0.4 is 10.1 Å². The lowest BCUT2D eigenvalue weighted by Gasteiger charge is -2.31. The predicted molar refractivity (Wildman–Crippen MR) is 111 cm³/mol. The maximum atomic E-state index is 12.6. The first-order valence-corrected chi connectivity index (χ1v) is 9.90. The summed E-state index contributed by atoms with van der Waals surface area (Å²) < 4.78 is 35.1. The summed E-state index contributed by atoms with van der Waals surface area (Å²) in [5.41, 5.74) is 2.56. The number of carbonyl (C=O) groups excluding carboxylic acids is 1. The van der Waals surface area contributed by atoms with Gasteiger partial charge in [0.15, 0.2) is 0 Å². The van der Waals surface area contributed by atoms with Crippen LogP contribution in [-0.2, 0) is 9.53 Å². The van der Waals surface area contributed by atoms with Crippen LogP contribution >= 0.6 is 0 Å². The van der Waals surface area contributed by atoms with Crippen molar-refractivity contribution in [3.05, 3.63) is 71.3 Å². The number of nitrogens with one attached hydrogen (secondary N) is 1. The number of benzene rings is 2. The van der Waals surface area contributed by atoms with Crippen LogP contribution in [-0.4, -0.2) is 50.3 Å². The zero-order chi connectivity index (χ0) is 21.3. The standard InChI is InChI=1S/C23H26F2N2O3/c1-17-6-8-18(9-7-17)20(16-27-12-14-29-15-13-27)26-22(28)11-10-19-4-2-3-5-21(19)30-23(24)25/h2-11,20,23H,12-16H2,1H3,(H,26,28)/b11-10+. The number of halogens is 2. The Bertz CT molecular complexity index is 850. The van der Waals surface area contributed by atoms with Crippen LogP contribution in [0.4, 0.5) is 8.78 Å². The van der Waals surface area contributed by atoms with Crippen LogP contribution in [0.1, 0.15) is 22.7 Å². The van der Waals surface area contributed by atoms with E-state index >= 15 is 0 Å². The average molecular weight is 416 g/mol. The molecule has 1 heterocycles. The molecule has 160 valence electrons. The first-order valence-electron chi connectivity index (χ1n) is 9.90. The van der Waals surface area contributed by atoms with Crippen molar-refractivity contribution < 1.29 is 23.0 Å². The monoisotopic (exact) mass is 416 g/mol. The molecule has 1 fully saturated rings. The molecule has 2 aromatic carbocycles. The zero-order valence-electron chi connectivity index (χ0n) is 16.9. The van der Waals surface area contributed by atoms with Crippen LogP contribution in [0.3, 0.4) is 0 Å². The Balaban J connectivity index is 1.71. The minimum absolute atomic E-state index is 0.0277. The van der Waals surface area contributed by atoms with E-state index in [1.165, 1.54) is 18.2 Å². The van der Waals surface area contributed by atoms with Gasteiger partial charge in [-0.1, -0.05) is 48.0 Å². The molecule has 1 saturated heterocycles. The fraction of sp³-hybridized carbons (Fsp3) is 0.348. The van der Waals surface area contributed by atoms with Crippen molar-refractivity contribution in [3.8, 4) is 5.75 Å². The van der Waals surface area contributed by atoms with Gasteiger partial charge in [-0.15, -0.1) is 0 Å². The van der Waals surface area contributed by atoms with Gasteiger partial charge in [0.05, 0.1) is 19.3 Å². The Labute approximate surface area is 175 Å². The summed E-state index contributed by atoms with van der Waals surface area (Å²) in [5.74, 6) is -0.277. The number of hydrogen-bond acceptors (Lipinski definition) is 4. The van der Waals surface area contributed by atoms with E-state index in [0.717, 1.165) is 24.2 Å². The highest BCUT2D eigenvalue weighted by Gasteiger charge is 2.19. The number of aryl methyl sites for hydroxylation is 1. The number of amides is 1. The van der Waals surface area contributed by atoms with Crippen molar-refractivity contribution in [2.45, 2.75) is 19.6 Å². The molecule has 7 heteroatoms. The van der Waals surface area contributed by atoms with E-state index in [1.807, 2.05) is 31.2 Å². The molecule has 30 heavy (non-hydrogen) atoms. The van der Waals surface area contributed by atoms with Crippen LogP contribution in [0, 0.1) is 6.92 Å². The molecule has 0 bridgehead atoms. The quantitative estimate of drug-likeness (QED) is 0.665. The van der Waals surface area contributed by atoms with E-state index in [0.29, 0.717) is 25.3 Å². The van der Waals surface area contributed by atoms with Gasteiger partial charge in [-0.2, -0.15) is 8.78 Å². The average Bonchev–Trinajstić information content (AvgIpc) is 2.73. The summed E-state index contributed by atoms with van der Waals surface area (Å²) in [6.07, 6.45) is 2.82. The number of alkyl halides is 2. The largest absolute Gasteiger partial charge is 0.434 e. The van der Waals surface area contributed by atoms with E-state index in [1.54, 1.807) is 18.2 Å². The lowest BCUT2D eigenvalue weighted by atomic mass is 10.0. The van der Waals surface area contributed by atoms with Crippen LogP contribution in [0.25, 0.3) is 6.08 Å². The third-order valence-corrected chi connectivity index (χ3v) is 4.89. The number of hydrogen-bond donors (Lipinski definition) is 1. The van der Waals surface area contributed by atoms with E-state index in [2.05, 4.69) is 15.0 Å². The molecule has 0 spiro atoms. The molecule has 1 unspecified atom stereocenters. The highest BCUT2D eigenvalue weighted by atomic mass is 19.3. The lowest BCUT2D eigenvalue weighted by Crippen LogP contribution is -2.42. The molecule has 1 amide bonds. The fourth-order valence-corrected chi connectivity index (χ4v) is 3.28. The highest BCUT2D eigenvalue weighted by molar-refractivity contribution is 5.92. The Kier molecular flexibility index (Phi) is 7.93. The maximum Gasteiger partial charge on any atom is 0.387 e. The second-order valence-electron chi connectivity index (χ2n) is 7.13. The topological polar surface area (TPSA) is 50.8 Å². The van der Waals surface area contributed by atoms with Crippen LogP contribution in [0.2, 0.25) is 0 Å². The summed E-state index contributed by atoms with van der Waals surface area (Å²) in [7, 11) is 0. The molecule has 0 radical (unpaired) electrons. The van der Waals surface area contributed by atoms with Crippen LogP contribution in [0.5, 0.6) is 5.75 Å². The van der Waals surface area contributed by atoms with Crippen molar-refractivity contribution in [1.29, 1.82) is 0 Å². The number of morpholine rings is 1. The van der Waals surface area contributed by atoms with Crippen molar-refractivity contribution >= 4 is 12.0 Å². The third kappa shape index (κ3) is 6.64. The van der Waals surface area contributed by atoms with Crippen molar-refractivity contribution in [2.75, 3.05) is 32.8 Å². The molecular formula is C23H26F2N2O3. The van der Waals surface area contributed by atoms with Gasteiger partial charge in [-0.25, -0.2) is 0 Å². The first-order chi connectivity index (χ1) is 14.5. The second-order valence-corrected chi connectivity index (χ2v) is 7.13. The van der Waals surface area contributed by atoms with Gasteiger partial charge in [0.1, 0.15) is 5.75 Å². The molecule has 0 saturated carbocycles. The summed E-state index contributed by atoms with van der Waals surface area (Å²) in [4.78, 5) is 14.9. The van der Waals surface area contributed by atoms with E-state index in [-0.39, 0.29) is 17.7 Å². The number of carbonyl (C=O) groups is 1. The number of nitrogens with zero attached hydrogens (tertiary/aromatic N) is 1. The van der Waals surface area contributed by atoms with E-state index in [9.17, 15) is 13.6 Å². The molecule has 0 aliphatic carbocycles. The molecule has 3 rings (SSSR count). The van der Waals surface area contributed by atoms with Crippen molar-refractivity contribution in [2.24, 2.45) is 0 Å². The number of rotatable bonds is 8. The molecule has 1 atom stereocenters. The Morgan fingerprint density at radius 2 is 1.87 bits per heavy atom. The second kappa shape index (κ2) is 10.8. The third-order valence-electron chi connectivity index (χ3n) is 4.89. The molecule has 0 aromatic heterocycles. The Hall–Kier alpha value is -2.77. The minimum Gasteiger partial charge on any atom is -0.434 e. The number of ether oxygens (including phenoxy) is 2. The van der Waals surface area contributed by atoms with E-state index in [4.69, 9.17) is 4.74 Å². The molecular weight excluding hydrogens is 390 g/mol. The summed E-state index contributed by atoms with van der Waals surface area (Å²) in [5, 5.41) is 3.03. The zero-order valence-corrected chi connectivity index (χ0v) is 16.9. The van der Waals surface area contributed by atoms with Gasteiger partial charge in [-0.05, 0) is 24.6 Å². The first kappa shape index (κ1) is 21.9. The molecule has 1 N–H and O–H groups in total. The SMILES string of the molecule is Cc1ccc(C(CN2CCOCC2)NC(=O)/C=C/c2ccccc2OC(F)F)cc1. The van der Waals surface area contributed by atoms with Gasteiger partial charge < -0.3 is 14.8 Å². The smallest absolute Gasteiger partial charge is 0.387 e. The van der Waals surface area contributed by atoms with Crippen molar-refractivity contribution in [3.63, 3.8) is 0 Å². The lowest BCUT2D eigenvalue weighted by molar-refractivity contribution is -0.117. The van der Waals surface area contributed by atoms with Gasteiger partial charge >= 0.3 is 6.61 Å². The van der Waals surface area contributed by atoms with Gasteiger partial charge in [0, 0.05) is 31.3 Å². The predicted octanol–water partition coefficient (Wildman–Crippen LogP) is 3.80. The normalized spacial score (nSPS) is 16.0. The molecule has 2 aromatic rings. The summed E-state index contributed by atoms with van der Waals surface area (Å²) in [6.45, 7) is 2.73. The van der Waals surface area contributed by atoms with Crippen LogP contribution in [0.15, 0.2) is 54.6 Å². The Morgan fingerprint density at radius 3 is 2.57 bits per heavy atom. The minimum atomic E-state index is -2.92. The van der Waals surface area contributed by atoms with Gasteiger partial charge in [-0.3, -0.25) is 9.69 Å². The maximum absolute atomic E-state index is 12.6. The Morgan fingerprint density at radius 1 is 1.17 bits per heavy atom. The van der Waals surface area contributed by atoms with Gasteiger partial charge in [0.2, 0.25) is 5.91 Å².